The molecule has 1 atom stereocenters. The maximum Gasteiger partial charge on any atom is 0.339 e. The van der Waals surface area contributed by atoms with E-state index in [0.717, 1.165) is 31.5 Å². The molecule has 0 spiro atoms. The third-order valence-electron chi connectivity index (χ3n) is 5.41. The Bertz CT molecular complexity index is 1050. The highest BCUT2D eigenvalue weighted by molar-refractivity contribution is 5.93. The summed E-state index contributed by atoms with van der Waals surface area (Å²) in [6, 6.07) is 9.57. The van der Waals surface area contributed by atoms with Gasteiger partial charge in [-0.05, 0) is 49.6 Å². The predicted octanol–water partition coefficient (Wildman–Crippen LogP) is 2.79. The Balaban J connectivity index is 1.36. The normalized spacial score (nSPS) is 15.3. The molecule has 168 valence electrons. The summed E-state index contributed by atoms with van der Waals surface area (Å²) in [5.41, 5.74) is 1.16. The van der Waals surface area contributed by atoms with Crippen molar-refractivity contribution in [3.8, 4) is 11.5 Å². The monoisotopic (exact) mass is 441 g/mol. The molecule has 2 aromatic carbocycles. The first-order valence-corrected chi connectivity index (χ1v) is 10.3. The number of nitrogens with zero attached hydrogens (tertiary/aromatic N) is 2. The molecule has 1 saturated heterocycles. The minimum atomic E-state index is -1.08. The molecule has 2 aliphatic heterocycles. The minimum Gasteiger partial charge on any atom is -0.454 e. The minimum absolute atomic E-state index is 0.0232. The summed E-state index contributed by atoms with van der Waals surface area (Å²) in [5.74, 6) is -0.0339. The molecule has 10 nitrogen and oxygen atoms in total. The van der Waals surface area contributed by atoms with Crippen molar-refractivity contribution in [2.24, 2.45) is 0 Å². The molecule has 1 unspecified atom stereocenters. The van der Waals surface area contributed by atoms with Gasteiger partial charge in [-0.25, -0.2) is 4.79 Å². The van der Waals surface area contributed by atoms with Crippen molar-refractivity contribution in [3.05, 3.63) is 57.6 Å². The van der Waals surface area contributed by atoms with Crippen LogP contribution in [0.3, 0.4) is 0 Å². The Labute approximate surface area is 184 Å². The van der Waals surface area contributed by atoms with Crippen LogP contribution in [0, 0.1) is 10.1 Å². The molecule has 2 aromatic rings. The van der Waals surface area contributed by atoms with Gasteiger partial charge in [0.1, 0.15) is 5.69 Å². The number of nitrogens with one attached hydrogen (secondary N) is 1. The first-order valence-electron chi connectivity index (χ1n) is 10.3. The maximum absolute atomic E-state index is 12.5. The van der Waals surface area contributed by atoms with Gasteiger partial charge in [0.2, 0.25) is 6.79 Å². The first-order chi connectivity index (χ1) is 15.4. The lowest BCUT2D eigenvalue weighted by molar-refractivity contribution is -0.384. The fraction of sp³-hybridized carbons (Fsp3) is 0.364. The SMILES string of the molecule is CC(OC(=O)c1ccc(N2CCCC2)c([N+](=O)[O-])c1)C(=O)NCc1ccc2c(c1)OCO2. The molecule has 0 bridgehead atoms. The summed E-state index contributed by atoms with van der Waals surface area (Å²) in [6.07, 6.45) is 0.869. The second-order valence-electron chi connectivity index (χ2n) is 7.61. The van der Waals surface area contributed by atoms with Gasteiger partial charge in [0, 0.05) is 25.7 Å². The second-order valence-corrected chi connectivity index (χ2v) is 7.61. The molecule has 1 fully saturated rings. The fourth-order valence-electron chi connectivity index (χ4n) is 3.69. The van der Waals surface area contributed by atoms with E-state index in [9.17, 15) is 19.7 Å². The van der Waals surface area contributed by atoms with Crippen LogP contribution in [-0.4, -0.2) is 42.8 Å². The number of benzene rings is 2. The van der Waals surface area contributed by atoms with Gasteiger partial charge in [0.25, 0.3) is 11.6 Å². The number of fused-ring (bicyclic) bond motifs is 1. The smallest absolute Gasteiger partial charge is 0.339 e. The van der Waals surface area contributed by atoms with Gasteiger partial charge in [0.15, 0.2) is 17.6 Å². The molecule has 1 amide bonds. The molecular formula is C22H23N3O7. The largest absolute Gasteiger partial charge is 0.454 e. The zero-order valence-electron chi connectivity index (χ0n) is 17.5. The Morgan fingerprint density at radius 1 is 1.16 bits per heavy atom. The fourth-order valence-corrected chi connectivity index (χ4v) is 3.69. The van der Waals surface area contributed by atoms with Crippen LogP contribution in [0.1, 0.15) is 35.7 Å². The third-order valence-corrected chi connectivity index (χ3v) is 5.41. The Morgan fingerprint density at radius 3 is 2.66 bits per heavy atom. The Hall–Kier alpha value is -3.82. The van der Waals surface area contributed by atoms with E-state index in [1.807, 2.05) is 4.90 Å². The number of hydrogen-bond acceptors (Lipinski definition) is 8. The average molecular weight is 441 g/mol. The number of rotatable bonds is 7. The highest BCUT2D eigenvalue weighted by Crippen LogP contribution is 2.33. The number of hydrogen-bond donors (Lipinski definition) is 1. The standard InChI is InChI=1S/C22H23N3O7/c1-14(21(26)23-12-15-4-7-19-20(10-15)31-13-30-19)32-22(27)16-5-6-17(18(11-16)25(28)29)24-8-2-3-9-24/h4-7,10-11,14H,2-3,8-9,12-13H2,1H3,(H,23,26). The summed E-state index contributed by atoms with van der Waals surface area (Å²) in [4.78, 5) is 37.8. The zero-order chi connectivity index (χ0) is 22.7. The highest BCUT2D eigenvalue weighted by atomic mass is 16.7. The summed E-state index contributed by atoms with van der Waals surface area (Å²) < 4.78 is 15.8. The van der Waals surface area contributed by atoms with Crippen molar-refractivity contribution in [1.82, 2.24) is 5.32 Å². The van der Waals surface area contributed by atoms with Crippen molar-refractivity contribution in [3.63, 3.8) is 0 Å². The van der Waals surface area contributed by atoms with Crippen LogP contribution in [0.2, 0.25) is 0 Å². The van der Waals surface area contributed by atoms with Crippen molar-refractivity contribution >= 4 is 23.3 Å². The maximum atomic E-state index is 12.5. The van der Waals surface area contributed by atoms with Gasteiger partial charge in [0.05, 0.1) is 10.5 Å². The van der Waals surface area contributed by atoms with Crippen LogP contribution < -0.4 is 19.7 Å². The molecule has 0 radical (unpaired) electrons. The second kappa shape index (κ2) is 9.13. The molecule has 10 heteroatoms. The molecule has 1 N–H and O–H groups in total. The van der Waals surface area contributed by atoms with E-state index in [1.54, 1.807) is 24.3 Å². The molecule has 2 heterocycles. The number of anilines is 1. The third kappa shape index (κ3) is 4.58. The number of nitro groups is 1. The van der Waals surface area contributed by atoms with Gasteiger partial charge in [-0.2, -0.15) is 0 Å². The van der Waals surface area contributed by atoms with Gasteiger partial charge < -0.3 is 24.4 Å². The van der Waals surface area contributed by atoms with E-state index in [1.165, 1.54) is 19.1 Å². The topological polar surface area (TPSA) is 120 Å². The molecule has 0 aliphatic carbocycles. The van der Waals surface area contributed by atoms with Crippen molar-refractivity contribution in [2.75, 3.05) is 24.8 Å². The Morgan fingerprint density at radius 2 is 1.91 bits per heavy atom. The van der Waals surface area contributed by atoms with E-state index in [2.05, 4.69) is 5.32 Å². The molecule has 0 aromatic heterocycles. The number of carbonyl (C=O) groups is 2. The van der Waals surface area contributed by atoms with E-state index in [4.69, 9.17) is 14.2 Å². The average Bonchev–Trinajstić information content (AvgIpc) is 3.48. The number of ether oxygens (including phenoxy) is 3. The van der Waals surface area contributed by atoms with Gasteiger partial charge >= 0.3 is 5.97 Å². The summed E-state index contributed by atoms with van der Waals surface area (Å²) >= 11 is 0. The Kier molecular flexibility index (Phi) is 6.11. The van der Waals surface area contributed by atoms with Crippen LogP contribution in [-0.2, 0) is 16.1 Å². The van der Waals surface area contributed by atoms with E-state index in [0.29, 0.717) is 17.2 Å². The predicted molar refractivity (Wildman–Crippen MR) is 114 cm³/mol. The first kappa shape index (κ1) is 21.4. The quantitative estimate of drug-likeness (QED) is 0.396. The van der Waals surface area contributed by atoms with Gasteiger partial charge in [-0.15, -0.1) is 0 Å². The number of esters is 1. The molecule has 2 aliphatic rings. The summed E-state index contributed by atoms with van der Waals surface area (Å²) in [6.45, 7) is 3.30. The zero-order valence-corrected chi connectivity index (χ0v) is 17.5. The molecule has 4 rings (SSSR count). The number of carbonyl (C=O) groups excluding carboxylic acids is 2. The summed E-state index contributed by atoms with van der Waals surface area (Å²) in [5, 5.41) is 14.2. The molecule has 32 heavy (non-hydrogen) atoms. The molecule has 0 saturated carbocycles. The van der Waals surface area contributed by atoms with Crippen molar-refractivity contribution in [2.45, 2.75) is 32.4 Å². The van der Waals surface area contributed by atoms with Crippen LogP contribution in [0.25, 0.3) is 0 Å². The van der Waals surface area contributed by atoms with Crippen molar-refractivity contribution < 1.29 is 28.7 Å². The van der Waals surface area contributed by atoms with Gasteiger partial charge in [-0.1, -0.05) is 6.07 Å². The van der Waals surface area contributed by atoms with Crippen LogP contribution in [0.15, 0.2) is 36.4 Å². The lowest BCUT2D eigenvalue weighted by Gasteiger charge is -2.18. The van der Waals surface area contributed by atoms with E-state index >= 15 is 0 Å². The van der Waals surface area contributed by atoms with Crippen LogP contribution in [0.5, 0.6) is 11.5 Å². The summed E-state index contributed by atoms with van der Waals surface area (Å²) in [7, 11) is 0. The number of amides is 1. The highest BCUT2D eigenvalue weighted by Gasteiger charge is 2.26. The van der Waals surface area contributed by atoms with Crippen molar-refractivity contribution in [1.29, 1.82) is 0 Å². The lowest BCUT2D eigenvalue weighted by atomic mass is 10.1. The lowest BCUT2D eigenvalue weighted by Crippen LogP contribution is -2.35. The van der Waals surface area contributed by atoms with E-state index < -0.39 is 22.9 Å². The van der Waals surface area contributed by atoms with Crippen LogP contribution >= 0.6 is 0 Å². The van der Waals surface area contributed by atoms with Gasteiger partial charge in [-0.3, -0.25) is 14.9 Å². The van der Waals surface area contributed by atoms with E-state index in [-0.39, 0.29) is 24.6 Å². The molecular weight excluding hydrogens is 418 g/mol. The number of nitro benzene ring substituents is 1. The van der Waals surface area contributed by atoms with Crippen LogP contribution in [0.4, 0.5) is 11.4 Å².